The van der Waals surface area contributed by atoms with E-state index in [0.717, 1.165) is 4.86 Å². The Kier molecular flexibility index (Phi) is 2.95. The second kappa shape index (κ2) is 3.04. The molecule has 0 saturated carbocycles. The Bertz CT molecular complexity index is 72.0. The van der Waals surface area contributed by atoms with Gasteiger partial charge in [-0.1, -0.05) is 24.4 Å². The van der Waals surface area contributed by atoms with Crippen LogP contribution in [0.3, 0.4) is 0 Å². The fraction of sp³-hybridized carbons (Fsp3) is 0.400. The summed E-state index contributed by atoms with van der Waals surface area (Å²) in [7, 11) is 0. The van der Waals surface area contributed by atoms with Gasteiger partial charge in [0.05, 0.1) is 0 Å². The molecule has 0 aromatic heterocycles. The highest BCUT2D eigenvalue weighted by atomic mass is 32.1. The molecule has 0 bridgehead atoms. The first-order valence-electron chi connectivity index (χ1n) is 1.90. The largest absolute Gasteiger partial charge is 0.0866 e. The van der Waals surface area contributed by atoms with Crippen LogP contribution in [0.2, 0.25) is 0 Å². The van der Waals surface area contributed by atoms with Gasteiger partial charge in [-0.2, -0.15) is 0 Å². The number of hydrogen-bond acceptors (Lipinski definition) is 1. The van der Waals surface area contributed by atoms with Gasteiger partial charge in [0.2, 0.25) is 0 Å². The number of rotatable bonds is 1. The Hall–Kier alpha value is -0.170. The molecule has 0 spiro atoms. The van der Waals surface area contributed by atoms with Gasteiger partial charge in [-0.15, -0.1) is 0 Å². The lowest BCUT2D eigenvalue weighted by Crippen LogP contribution is -1.70. The summed E-state index contributed by atoms with van der Waals surface area (Å²) in [6, 6.07) is 0. The maximum absolute atomic E-state index is 4.71. The fourth-order valence-electron chi connectivity index (χ4n) is 0.235. The lowest BCUT2D eigenvalue weighted by Gasteiger charge is -1.72. The van der Waals surface area contributed by atoms with Crippen LogP contribution in [0.15, 0.2) is 12.2 Å². The average molecular weight is 100 g/mol. The average Bonchev–Trinajstić information content (AvgIpc) is 1.35. The molecule has 0 aliphatic carbocycles. The SMILES string of the molecule is C/C=C\C(C)=S. The zero-order valence-corrected chi connectivity index (χ0v) is 4.88. The predicted molar refractivity (Wildman–Crippen MR) is 33.1 cm³/mol. The highest BCUT2D eigenvalue weighted by molar-refractivity contribution is 7.80. The van der Waals surface area contributed by atoms with Gasteiger partial charge in [-0.3, -0.25) is 0 Å². The van der Waals surface area contributed by atoms with Gasteiger partial charge in [0, 0.05) is 4.86 Å². The topological polar surface area (TPSA) is 0 Å². The number of allylic oxidation sites excluding steroid dienone is 2. The molecular formula is C5H8S. The second-order valence-electron chi connectivity index (χ2n) is 1.11. The molecular weight excluding hydrogens is 92.1 g/mol. The zero-order valence-electron chi connectivity index (χ0n) is 4.06. The minimum atomic E-state index is 0.942. The molecule has 1 heteroatoms. The minimum absolute atomic E-state index is 0.942. The van der Waals surface area contributed by atoms with Crippen molar-refractivity contribution in [3.05, 3.63) is 12.2 Å². The van der Waals surface area contributed by atoms with Crippen LogP contribution in [0.5, 0.6) is 0 Å². The van der Waals surface area contributed by atoms with Crippen molar-refractivity contribution in [1.82, 2.24) is 0 Å². The molecule has 0 rings (SSSR count). The number of thiocarbonyl (C=S) groups is 1. The van der Waals surface area contributed by atoms with Crippen LogP contribution in [0.25, 0.3) is 0 Å². The molecule has 34 valence electrons. The summed E-state index contributed by atoms with van der Waals surface area (Å²) >= 11 is 4.71. The summed E-state index contributed by atoms with van der Waals surface area (Å²) < 4.78 is 0. The van der Waals surface area contributed by atoms with Crippen molar-refractivity contribution in [3.8, 4) is 0 Å². The molecule has 0 unspecified atom stereocenters. The highest BCUT2D eigenvalue weighted by Gasteiger charge is 1.67. The summed E-state index contributed by atoms with van der Waals surface area (Å²) in [5.41, 5.74) is 0. The fourth-order valence-corrected chi connectivity index (χ4v) is 0.371. The lowest BCUT2D eigenvalue weighted by molar-refractivity contribution is 1.76. The third kappa shape index (κ3) is 3.83. The van der Waals surface area contributed by atoms with E-state index in [1.807, 2.05) is 26.0 Å². The first kappa shape index (κ1) is 5.83. The van der Waals surface area contributed by atoms with Crippen molar-refractivity contribution < 1.29 is 0 Å². The van der Waals surface area contributed by atoms with Crippen molar-refractivity contribution >= 4 is 17.1 Å². The van der Waals surface area contributed by atoms with E-state index in [1.165, 1.54) is 0 Å². The first-order valence-corrected chi connectivity index (χ1v) is 2.31. The van der Waals surface area contributed by atoms with Gasteiger partial charge in [0.15, 0.2) is 0 Å². The Balaban J connectivity index is 3.30. The van der Waals surface area contributed by atoms with Crippen molar-refractivity contribution in [2.24, 2.45) is 0 Å². The van der Waals surface area contributed by atoms with Crippen LogP contribution in [0.1, 0.15) is 13.8 Å². The van der Waals surface area contributed by atoms with E-state index in [1.54, 1.807) is 0 Å². The lowest BCUT2D eigenvalue weighted by atomic mass is 10.4. The van der Waals surface area contributed by atoms with E-state index in [-0.39, 0.29) is 0 Å². The summed E-state index contributed by atoms with van der Waals surface area (Å²) in [5, 5.41) is 0. The van der Waals surface area contributed by atoms with Crippen LogP contribution < -0.4 is 0 Å². The smallest absolute Gasteiger partial charge is 0.0117 e. The van der Waals surface area contributed by atoms with E-state index in [0.29, 0.717) is 0 Å². The van der Waals surface area contributed by atoms with Gasteiger partial charge in [0.25, 0.3) is 0 Å². The Morgan fingerprint density at radius 3 is 2.17 bits per heavy atom. The van der Waals surface area contributed by atoms with Gasteiger partial charge in [-0.25, -0.2) is 0 Å². The quantitative estimate of drug-likeness (QED) is 0.358. The molecule has 0 aliphatic heterocycles. The first-order chi connectivity index (χ1) is 2.77. The zero-order chi connectivity index (χ0) is 4.99. The monoisotopic (exact) mass is 100 g/mol. The highest BCUT2D eigenvalue weighted by Crippen LogP contribution is 1.74. The normalized spacial score (nSPS) is 9.67. The van der Waals surface area contributed by atoms with E-state index < -0.39 is 0 Å². The molecule has 0 amide bonds. The molecule has 0 atom stereocenters. The Labute approximate surface area is 43.9 Å². The van der Waals surface area contributed by atoms with Gasteiger partial charge in [-0.05, 0) is 13.8 Å². The van der Waals surface area contributed by atoms with Crippen LogP contribution in [-0.4, -0.2) is 4.86 Å². The molecule has 0 aromatic rings. The standard InChI is InChI=1S/C5H8S/c1-3-4-5(2)6/h3-4H,1-2H3/b4-3-. The van der Waals surface area contributed by atoms with E-state index in [9.17, 15) is 0 Å². The molecule has 0 aromatic carbocycles. The third-order valence-electron chi connectivity index (χ3n) is 0.401. The molecule has 0 heterocycles. The van der Waals surface area contributed by atoms with E-state index >= 15 is 0 Å². The van der Waals surface area contributed by atoms with Gasteiger partial charge < -0.3 is 0 Å². The second-order valence-corrected chi connectivity index (χ2v) is 1.75. The molecule has 0 aliphatic rings. The van der Waals surface area contributed by atoms with Gasteiger partial charge in [0.1, 0.15) is 0 Å². The summed E-state index contributed by atoms with van der Waals surface area (Å²) in [4.78, 5) is 0.942. The van der Waals surface area contributed by atoms with Crippen LogP contribution in [0.4, 0.5) is 0 Å². The maximum Gasteiger partial charge on any atom is 0.0117 e. The van der Waals surface area contributed by atoms with Crippen molar-refractivity contribution in [2.45, 2.75) is 13.8 Å². The molecule has 6 heavy (non-hydrogen) atoms. The number of hydrogen-bond donors (Lipinski definition) is 0. The van der Waals surface area contributed by atoms with Crippen molar-refractivity contribution in [2.75, 3.05) is 0 Å². The van der Waals surface area contributed by atoms with Crippen LogP contribution in [0, 0.1) is 0 Å². The molecule has 0 N–H and O–H groups in total. The summed E-state index contributed by atoms with van der Waals surface area (Å²) in [6.07, 6.45) is 3.83. The Morgan fingerprint density at radius 2 is 2.17 bits per heavy atom. The molecule has 0 nitrogen and oxygen atoms in total. The van der Waals surface area contributed by atoms with E-state index in [4.69, 9.17) is 12.2 Å². The van der Waals surface area contributed by atoms with Crippen molar-refractivity contribution in [1.29, 1.82) is 0 Å². The minimum Gasteiger partial charge on any atom is -0.0866 e. The Morgan fingerprint density at radius 1 is 1.67 bits per heavy atom. The van der Waals surface area contributed by atoms with Crippen LogP contribution >= 0.6 is 12.2 Å². The van der Waals surface area contributed by atoms with Crippen LogP contribution in [-0.2, 0) is 0 Å². The summed E-state index contributed by atoms with van der Waals surface area (Å²) in [6.45, 7) is 3.85. The molecule has 0 radical (unpaired) electrons. The predicted octanol–water partition coefficient (Wildman–Crippen LogP) is 1.95. The molecule has 0 fully saturated rings. The molecule has 0 saturated heterocycles. The third-order valence-corrected chi connectivity index (χ3v) is 0.537. The van der Waals surface area contributed by atoms with E-state index in [2.05, 4.69) is 0 Å². The van der Waals surface area contributed by atoms with Crippen molar-refractivity contribution in [3.63, 3.8) is 0 Å². The maximum atomic E-state index is 4.71. The summed E-state index contributed by atoms with van der Waals surface area (Å²) in [5.74, 6) is 0. The van der Waals surface area contributed by atoms with Gasteiger partial charge >= 0.3 is 0 Å².